The standard InChI is InChI=1S/C10H11Cl2NO/c1-2-8-9(13)6-3-5(11)4-7(12)10(6)14-8/h3-4,8-9H,2,13H2,1H3. The lowest BCUT2D eigenvalue weighted by molar-refractivity contribution is 0.202. The van der Waals surface area contributed by atoms with E-state index >= 15 is 0 Å². The van der Waals surface area contributed by atoms with Crippen LogP contribution in [0, 0.1) is 0 Å². The minimum absolute atomic E-state index is 0.0148. The Morgan fingerprint density at radius 2 is 2.14 bits per heavy atom. The second-order valence-electron chi connectivity index (χ2n) is 3.40. The van der Waals surface area contributed by atoms with Crippen molar-refractivity contribution in [1.82, 2.24) is 0 Å². The number of halogens is 2. The van der Waals surface area contributed by atoms with Crippen LogP contribution >= 0.6 is 23.2 Å². The molecule has 0 amide bonds. The first kappa shape index (κ1) is 10.1. The number of hydrogen-bond acceptors (Lipinski definition) is 2. The zero-order chi connectivity index (χ0) is 10.3. The minimum atomic E-state index is -0.119. The second kappa shape index (κ2) is 3.61. The number of benzene rings is 1. The predicted octanol–water partition coefficient (Wildman–Crippen LogP) is 3.16. The summed E-state index contributed by atoms with van der Waals surface area (Å²) in [6.07, 6.45) is 0.880. The zero-order valence-electron chi connectivity index (χ0n) is 7.76. The number of rotatable bonds is 1. The molecule has 1 aliphatic heterocycles. The van der Waals surface area contributed by atoms with Gasteiger partial charge in [0.2, 0.25) is 0 Å². The Kier molecular flexibility index (Phi) is 2.60. The van der Waals surface area contributed by atoms with Gasteiger partial charge >= 0.3 is 0 Å². The van der Waals surface area contributed by atoms with Gasteiger partial charge in [-0.05, 0) is 18.6 Å². The minimum Gasteiger partial charge on any atom is -0.487 e. The summed E-state index contributed by atoms with van der Waals surface area (Å²) in [5.74, 6) is 0.690. The smallest absolute Gasteiger partial charge is 0.143 e. The highest BCUT2D eigenvalue weighted by Gasteiger charge is 2.32. The molecule has 1 heterocycles. The molecule has 14 heavy (non-hydrogen) atoms. The van der Waals surface area contributed by atoms with Gasteiger partial charge in [0.25, 0.3) is 0 Å². The topological polar surface area (TPSA) is 35.2 Å². The van der Waals surface area contributed by atoms with Gasteiger partial charge in [-0.1, -0.05) is 30.1 Å². The van der Waals surface area contributed by atoms with Crippen molar-refractivity contribution < 1.29 is 4.74 Å². The highest BCUT2D eigenvalue weighted by molar-refractivity contribution is 6.35. The van der Waals surface area contributed by atoms with Crippen LogP contribution in [0.4, 0.5) is 0 Å². The molecule has 2 rings (SSSR count). The van der Waals surface area contributed by atoms with Crippen LogP contribution in [-0.4, -0.2) is 6.10 Å². The van der Waals surface area contributed by atoms with Crippen LogP contribution in [0.1, 0.15) is 24.9 Å². The first-order chi connectivity index (χ1) is 6.63. The van der Waals surface area contributed by atoms with Gasteiger partial charge < -0.3 is 10.5 Å². The zero-order valence-corrected chi connectivity index (χ0v) is 9.27. The third-order valence-electron chi connectivity index (χ3n) is 2.47. The van der Waals surface area contributed by atoms with E-state index in [-0.39, 0.29) is 12.1 Å². The van der Waals surface area contributed by atoms with Crippen LogP contribution in [0.2, 0.25) is 10.0 Å². The van der Waals surface area contributed by atoms with Crippen LogP contribution in [0.15, 0.2) is 12.1 Å². The summed E-state index contributed by atoms with van der Waals surface area (Å²) < 4.78 is 5.64. The van der Waals surface area contributed by atoms with Crippen molar-refractivity contribution in [3.63, 3.8) is 0 Å². The lowest BCUT2D eigenvalue weighted by Crippen LogP contribution is -2.24. The molecule has 0 saturated heterocycles. The molecule has 2 atom stereocenters. The summed E-state index contributed by atoms with van der Waals surface area (Å²) in [6.45, 7) is 2.03. The Morgan fingerprint density at radius 1 is 1.43 bits per heavy atom. The SMILES string of the molecule is CCC1Oc2c(Cl)cc(Cl)cc2C1N. The maximum Gasteiger partial charge on any atom is 0.143 e. The fourth-order valence-corrected chi connectivity index (χ4v) is 2.27. The van der Waals surface area contributed by atoms with E-state index in [0.29, 0.717) is 15.8 Å². The normalized spacial score (nSPS) is 24.6. The van der Waals surface area contributed by atoms with Gasteiger partial charge in [-0.15, -0.1) is 0 Å². The van der Waals surface area contributed by atoms with E-state index in [1.807, 2.05) is 13.0 Å². The number of hydrogen-bond donors (Lipinski definition) is 1. The Hall–Kier alpha value is -0.440. The van der Waals surface area contributed by atoms with E-state index < -0.39 is 0 Å². The lowest BCUT2D eigenvalue weighted by atomic mass is 10.0. The van der Waals surface area contributed by atoms with Crippen LogP contribution in [-0.2, 0) is 0 Å². The molecule has 0 spiro atoms. The van der Waals surface area contributed by atoms with Crippen molar-refractivity contribution in [2.24, 2.45) is 5.73 Å². The highest BCUT2D eigenvalue weighted by atomic mass is 35.5. The van der Waals surface area contributed by atoms with Gasteiger partial charge in [-0.2, -0.15) is 0 Å². The maximum absolute atomic E-state index is 6.00. The third-order valence-corrected chi connectivity index (χ3v) is 2.97. The molecule has 2 unspecified atom stereocenters. The molecule has 1 aliphatic rings. The van der Waals surface area contributed by atoms with Crippen molar-refractivity contribution in [3.8, 4) is 5.75 Å². The number of nitrogens with two attached hydrogens (primary N) is 1. The molecule has 2 N–H and O–H groups in total. The molecule has 0 fully saturated rings. The van der Waals surface area contributed by atoms with E-state index in [9.17, 15) is 0 Å². The van der Waals surface area contributed by atoms with Crippen molar-refractivity contribution in [1.29, 1.82) is 0 Å². The van der Waals surface area contributed by atoms with E-state index in [0.717, 1.165) is 12.0 Å². The molecule has 1 aromatic rings. The second-order valence-corrected chi connectivity index (χ2v) is 4.24. The number of fused-ring (bicyclic) bond motifs is 1. The Bertz CT molecular complexity index is 367. The fourth-order valence-electron chi connectivity index (χ4n) is 1.71. The van der Waals surface area contributed by atoms with Crippen molar-refractivity contribution in [3.05, 3.63) is 27.7 Å². The van der Waals surface area contributed by atoms with Crippen LogP contribution < -0.4 is 10.5 Å². The van der Waals surface area contributed by atoms with Crippen LogP contribution in [0.5, 0.6) is 5.75 Å². The largest absolute Gasteiger partial charge is 0.487 e. The predicted molar refractivity (Wildman–Crippen MR) is 58.1 cm³/mol. The van der Waals surface area contributed by atoms with Gasteiger partial charge in [0.1, 0.15) is 11.9 Å². The lowest BCUT2D eigenvalue weighted by Gasteiger charge is -2.11. The summed E-state index contributed by atoms with van der Waals surface area (Å²) in [4.78, 5) is 0. The molecule has 0 radical (unpaired) electrons. The fraction of sp³-hybridized carbons (Fsp3) is 0.400. The molecule has 2 nitrogen and oxygen atoms in total. The summed E-state index contributed by atoms with van der Waals surface area (Å²) in [5.41, 5.74) is 6.91. The first-order valence-electron chi connectivity index (χ1n) is 4.54. The molecular weight excluding hydrogens is 221 g/mol. The quantitative estimate of drug-likeness (QED) is 0.807. The number of ether oxygens (including phenoxy) is 1. The average molecular weight is 232 g/mol. The monoisotopic (exact) mass is 231 g/mol. The van der Waals surface area contributed by atoms with E-state index in [1.165, 1.54) is 0 Å². The molecule has 1 aromatic carbocycles. The van der Waals surface area contributed by atoms with E-state index in [2.05, 4.69) is 0 Å². The van der Waals surface area contributed by atoms with Crippen molar-refractivity contribution >= 4 is 23.2 Å². The molecule has 0 aromatic heterocycles. The van der Waals surface area contributed by atoms with Crippen LogP contribution in [0.25, 0.3) is 0 Å². The Morgan fingerprint density at radius 3 is 2.79 bits per heavy atom. The average Bonchev–Trinajstić information content (AvgIpc) is 2.44. The third kappa shape index (κ3) is 1.48. The van der Waals surface area contributed by atoms with Gasteiger partial charge in [-0.3, -0.25) is 0 Å². The van der Waals surface area contributed by atoms with Crippen molar-refractivity contribution in [2.75, 3.05) is 0 Å². The van der Waals surface area contributed by atoms with E-state index in [4.69, 9.17) is 33.7 Å². The molecule has 0 bridgehead atoms. The van der Waals surface area contributed by atoms with E-state index in [1.54, 1.807) is 6.07 Å². The van der Waals surface area contributed by atoms with Gasteiger partial charge in [0.15, 0.2) is 0 Å². The summed E-state index contributed by atoms with van der Waals surface area (Å²) >= 11 is 11.9. The molecule has 4 heteroatoms. The molecular formula is C10H11Cl2NO. The van der Waals surface area contributed by atoms with Crippen LogP contribution in [0.3, 0.4) is 0 Å². The molecule has 76 valence electrons. The van der Waals surface area contributed by atoms with Gasteiger partial charge in [0.05, 0.1) is 11.1 Å². The first-order valence-corrected chi connectivity index (χ1v) is 5.30. The molecule has 0 saturated carbocycles. The maximum atomic E-state index is 6.00. The summed E-state index contributed by atoms with van der Waals surface area (Å²) in [7, 11) is 0. The summed E-state index contributed by atoms with van der Waals surface area (Å²) in [5, 5.41) is 1.14. The molecule has 0 aliphatic carbocycles. The van der Waals surface area contributed by atoms with Crippen molar-refractivity contribution in [2.45, 2.75) is 25.5 Å². The Labute approximate surface area is 92.9 Å². The Balaban J connectivity index is 2.48. The van der Waals surface area contributed by atoms with Gasteiger partial charge in [-0.25, -0.2) is 0 Å². The van der Waals surface area contributed by atoms with Gasteiger partial charge in [0, 0.05) is 10.6 Å². The highest BCUT2D eigenvalue weighted by Crippen LogP contribution is 2.43. The summed E-state index contributed by atoms with van der Waals surface area (Å²) in [6, 6.07) is 3.38.